The van der Waals surface area contributed by atoms with Crippen LogP contribution in [0.2, 0.25) is 5.02 Å². The van der Waals surface area contributed by atoms with Gasteiger partial charge in [0, 0.05) is 11.4 Å². The van der Waals surface area contributed by atoms with E-state index in [0.29, 0.717) is 28.0 Å². The number of fused-ring (bicyclic) bond motifs is 1. The first-order valence-corrected chi connectivity index (χ1v) is 9.27. The summed E-state index contributed by atoms with van der Waals surface area (Å²) in [5.74, 6) is 0.693. The van der Waals surface area contributed by atoms with Crippen molar-refractivity contribution in [2.45, 2.75) is 26.4 Å². The average Bonchev–Trinajstić information content (AvgIpc) is 3.32. The summed E-state index contributed by atoms with van der Waals surface area (Å²) in [4.78, 5) is 14.6. The molecule has 1 amide bonds. The van der Waals surface area contributed by atoms with Gasteiger partial charge in [-0.3, -0.25) is 4.79 Å². The first kappa shape index (κ1) is 18.3. The number of amides is 1. The Labute approximate surface area is 166 Å². The topological polar surface area (TPSA) is 72.4 Å². The summed E-state index contributed by atoms with van der Waals surface area (Å²) in [5, 5.41) is 9.55. The highest BCUT2D eigenvalue weighted by Crippen LogP contribution is 2.27. The van der Waals surface area contributed by atoms with Crippen LogP contribution >= 0.6 is 11.6 Å². The molecule has 4 aromatic rings. The molecule has 0 atom stereocenters. The molecule has 7 heteroatoms. The summed E-state index contributed by atoms with van der Waals surface area (Å²) in [6.07, 6.45) is 0. The summed E-state index contributed by atoms with van der Waals surface area (Å²) < 4.78 is 11.5. The van der Waals surface area contributed by atoms with Gasteiger partial charge in [0.1, 0.15) is 5.58 Å². The third-order valence-electron chi connectivity index (χ3n) is 4.40. The normalized spacial score (nSPS) is 11.3. The Balaban J connectivity index is 1.59. The molecular weight excluding hydrogens is 378 g/mol. The van der Waals surface area contributed by atoms with Crippen LogP contribution < -0.4 is 0 Å². The van der Waals surface area contributed by atoms with Crippen LogP contribution in [0.3, 0.4) is 0 Å². The van der Waals surface area contributed by atoms with E-state index in [1.165, 1.54) is 0 Å². The largest absolute Gasteiger partial charge is 0.451 e. The second kappa shape index (κ2) is 7.48. The number of benzene rings is 2. The SMILES string of the molecule is CC(C)N(Cc1nnc(-c2ccccc2Cl)o1)C(=O)c1cc2ccccc2o1. The first-order valence-electron chi connectivity index (χ1n) is 8.90. The number of hydrogen-bond acceptors (Lipinski definition) is 5. The van der Waals surface area contributed by atoms with E-state index in [2.05, 4.69) is 10.2 Å². The van der Waals surface area contributed by atoms with Gasteiger partial charge in [0.2, 0.25) is 11.8 Å². The number of rotatable bonds is 5. The van der Waals surface area contributed by atoms with E-state index < -0.39 is 0 Å². The summed E-state index contributed by atoms with van der Waals surface area (Å²) in [7, 11) is 0. The van der Waals surface area contributed by atoms with E-state index in [1.54, 1.807) is 23.1 Å². The number of hydrogen-bond donors (Lipinski definition) is 0. The van der Waals surface area contributed by atoms with Crippen molar-refractivity contribution in [1.82, 2.24) is 15.1 Å². The van der Waals surface area contributed by atoms with Gasteiger partial charge < -0.3 is 13.7 Å². The lowest BCUT2D eigenvalue weighted by Crippen LogP contribution is -2.36. The van der Waals surface area contributed by atoms with Crippen LogP contribution in [0.4, 0.5) is 0 Å². The van der Waals surface area contributed by atoms with Crippen LogP contribution in [0.5, 0.6) is 0 Å². The van der Waals surface area contributed by atoms with E-state index in [4.69, 9.17) is 20.4 Å². The van der Waals surface area contributed by atoms with Gasteiger partial charge >= 0.3 is 0 Å². The van der Waals surface area contributed by atoms with Gasteiger partial charge in [-0.15, -0.1) is 10.2 Å². The minimum absolute atomic E-state index is 0.0867. The van der Waals surface area contributed by atoms with Crippen LogP contribution in [0.25, 0.3) is 22.4 Å². The molecule has 0 aliphatic carbocycles. The van der Waals surface area contributed by atoms with Crippen LogP contribution in [0.15, 0.2) is 63.4 Å². The maximum atomic E-state index is 13.0. The maximum absolute atomic E-state index is 13.0. The molecule has 4 rings (SSSR count). The standard InChI is InChI=1S/C21H18ClN3O3/c1-13(2)25(21(26)18-11-14-7-3-6-10-17(14)27-18)12-19-23-24-20(28-19)15-8-4-5-9-16(15)22/h3-11,13H,12H2,1-2H3. The molecule has 0 unspecified atom stereocenters. The summed E-state index contributed by atoms with van der Waals surface area (Å²) >= 11 is 6.19. The van der Waals surface area contributed by atoms with Crippen LogP contribution in [-0.2, 0) is 6.54 Å². The highest BCUT2D eigenvalue weighted by molar-refractivity contribution is 6.33. The molecule has 2 aromatic carbocycles. The molecule has 2 aromatic heterocycles. The predicted molar refractivity (Wildman–Crippen MR) is 106 cm³/mol. The Kier molecular flexibility index (Phi) is 4.88. The third-order valence-corrected chi connectivity index (χ3v) is 4.73. The quantitative estimate of drug-likeness (QED) is 0.465. The monoisotopic (exact) mass is 395 g/mol. The molecule has 0 spiro atoms. The van der Waals surface area contributed by atoms with Crippen molar-refractivity contribution in [3.05, 3.63) is 71.3 Å². The Hall–Kier alpha value is -3.12. The summed E-state index contributed by atoms with van der Waals surface area (Å²) in [6.45, 7) is 4.02. The zero-order chi connectivity index (χ0) is 19.7. The number of carbonyl (C=O) groups excluding carboxylic acids is 1. The predicted octanol–water partition coefficient (Wildman–Crippen LogP) is 5.19. The first-order chi connectivity index (χ1) is 13.5. The molecule has 0 radical (unpaired) electrons. The Morgan fingerprint density at radius 1 is 1.07 bits per heavy atom. The Bertz CT molecular complexity index is 1100. The molecule has 6 nitrogen and oxygen atoms in total. The van der Waals surface area contributed by atoms with Gasteiger partial charge in [-0.25, -0.2) is 0 Å². The van der Waals surface area contributed by atoms with E-state index >= 15 is 0 Å². The maximum Gasteiger partial charge on any atom is 0.290 e. The Morgan fingerprint density at radius 2 is 1.82 bits per heavy atom. The van der Waals surface area contributed by atoms with Crippen molar-refractivity contribution in [3.63, 3.8) is 0 Å². The van der Waals surface area contributed by atoms with E-state index in [-0.39, 0.29) is 24.3 Å². The smallest absolute Gasteiger partial charge is 0.290 e. The average molecular weight is 396 g/mol. The minimum Gasteiger partial charge on any atom is -0.451 e. The Morgan fingerprint density at radius 3 is 2.57 bits per heavy atom. The van der Waals surface area contributed by atoms with E-state index in [1.807, 2.05) is 50.2 Å². The van der Waals surface area contributed by atoms with Gasteiger partial charge in [0.25, 0.3) is 5.91 Å². The van der Waals surface area contributed by atoms with Crippen molar-refractivity contribution >= 4 is 28.5 Å². The van der Waals surface area contributed by atoms with Gasteiger partial charge in [-0.05, 0) is 38.1 Å². The fourth-order valence-corrected chi connectivity index (χ4v) is 3.14. The molecule has 0 saturated heterocycles. The highest BCUT2D eigenvalue weighted by Gasteiger charge is 2.25. The number of halogens is 1. The van der Waals surface area contributed by atoms with Crippen molar-refractivity contribution in [1.29, 1.82) is 0 Å². The molecule has 28 heavy (non-hydrogen) atoms. The highest BCUT2D eigenvalue weighted by atomic mass is 35.5. The molecule has 0 aliphatic heterocycles. The molecular formula is C21H18ClN3O3. The van der Waals surface area contributed by atoms with Crippen LogP contribution in [-0.4, -0.2) is 27.0 Å². The van der Waals surface area contributed by atoms with Crippen molar-refractivity contribution in [3.8, 4) is 11.5 Å². The number of furan rings is 1. The molecule has 0 saturated carbocycles. The number of aromatic nitrogens is 2. The number of nitrogens with zero attached hydrogens (tertiary/aromatic N) is 3. The number of para-hydroxylation sites is 1. The van der Waals surface area contributed by atoms with Crippen LogP contribution in [0, 0.1) is 0 Å². The lowest BCUT2D eigenvalue weighted by Gasteiger charge is -2.24. The number of carbonyl (C=O) groups is 1. The zero-order valence-corrected chi connectivity index (χ0v) is 16.2. The lowest BCUT2D eigenvalue weighted by molar-refractivity contribution is 0.0642. The fourth-order valence-electron chi connectivity index (χ4n) is 2.92. The van der Waals surface area contributed by atoms with E-state index in [0.717, 1.165) is 5.39 Å². The van der Waals surface area contributed by atoms with Crippen molar-refractivity contribution in [2.75, 3.05) is 0 Å². The van der Waals surface area contributed by atoms with Crippen molar-refractivity contribution in [2.24, 2.45) is 0 Å². The van der Waals surface area contributed by atoms with E-state index in [9.17, 15) is 4.79 Å². The summed E-state index contributed by atoms with van der Waals surface area (Å²) in [6, 6.07) is 16.4. The molecule has 0 bridgehead atoms. The molecule has 2 heterocycles. The second-order valence-corrected chi connectivity index (χ2v) is 7.06. The van der Waals surface area contributed by atoms with Gasteiger partial charge in [-0.1, -0.05) is 41.9 Å². The second-order valence-electron chi connectivity index (χ2n) is 6.66. The third kappa shape index (κ3) is 3.51. The lowest BCUT2D eigenvalue weighted by atomic mass is 10.2. The zero-order valence-electron chi connectivity index (χ0n) is 15.4. The molecule has 0 aliphatic rings. The molecule has 0 fully saturated rings. The van der Waals surface area contributed by atoms with Gasteiger partial charge in [0.05, 0.1) is 17.1 Å². The van der Waals surface area contributed by atoms with Gasteiger partial charge in [-0.2, -0.15) is 0 Å². The van der Waals surface area contributed by atoms with Crippen molar-refractivity contribution < 1.29 is 13.6 Å². The van der Waals surface area contributed by atoms with Gasteiger partial charge in [0.15, 0.2) is 5.76 Å². The van der Waals surface area contributed by atoms with Crippen LogP contribution in [0.1, 0.15) is 30.3 Å². The molecule has 0 N–H and O–H groups in total. The molecule has 142 valence electrons. The summed E-state index contributed by atoms with van der Waals surface area (Å²) in [5.41, 5.74) is 1.33. The fraction of sp³-hybridized carbons (Fsp3) is 0.190. The minimum atomic E-state index is -0.233.